The van der Waals surface area contributed by atoms with Gasteiger partial charge in [0.25, 0.3) is 0 Å². The number of rotatable bonds is 3. The van der Waals surface area contributed by atoms with Crippen LogP contribution in [0.2, 0.25) is 0 Å². The summed E-state index contributed by atoms with van der Waals surface area (Å²) in [5, 5.41) is 3.48. The van der Waals surface area contributed by atoms with Crippen LogP contribution in [0.15, 0.2) is 24.3 Å². The predicted octanol–water partition coefficient (Wildman–Crippen LogP) is 2.39. The third kappa shape index (κ3) is 3.61. The fourth-order valence-electron chi connectivity index (χ4n) is 2.19. The lowest BCUT2D eigenvalue weighted by Gasteiger charge is -2.26. The van der Waals surface area contributed by atoms with Crippen LogP contribution in [0.3, 0.4) is 0 Å². The highest BCUT2D eigenvalue weighted by Gasteiger charge is 2.19. The zero-order chi connectivity index (χ0) is 12.3. The molecule has 0 saturated carbocycles. The molecular weight excluding hydrogens is 237 g/mol. The lowest BCUT2D eigenvalue weighted by Crippen LogP contribution is -2.37. The van der Waals surface area contributed by atoms with Gasteiger partial charge >= 0.3 is 0 Å². The van der Waals surface area contributed by atoms with Crippen molar-refractivity contribution in [1.29, 1.82) is 0 Å². The second-order valence-electron chi connectivity index (χ2n) is 4.57. The van der Waals surface area contributed by atoms with Crippen molar-refractivity contribution in [3.8, 4) is 0 Å². The molecule has 0 amide bonds. The molecule has 1 saturated heterocycles. The van der Waals surface area contributed by atoms with E-state index in [1.807, 2.05) is 13.0 Å². The van der Waals surface area contributed by atoms with Gasteiger partial charge in [-0.3, -0.25) is 4.21 Å². The number of nitrogens with one attached hydrogen (secondary N) is 1. The zero-order valence-corrected chi connectivity index (χ0v) is 10.8. The van der Waals surface area contributed by atoms with Crippen molar-refractivity contribution in [3.63, 3.8) is 0 Å². The van der Waals surface area contributed by atoms with Gasteiger partial charge in [-0.25, -0.2) is 4.39 Å². The van der Waals surface area contributed by atoms with Crippen LogP contribution in [0.4, 0.5) is 4.39 Å². The highest BCUT2D eigenvalue weighted by Crippen LogP contribution is 2.17. The molecule has 0 aliphatic carbocycles. The average molecular weight is 255 g/mol. The Balaban J connectivity index is 1.92. The Hall–Kier alpha value is -0.740. The molecule has 2 rings (SSSR count). The molecule has 1 aliphatic rings. The first-order valence-corrected chi connectivity index (χ1v) is 7.50. The van der Waals surface area contributed by atoms with E-state index in [9.17, 15) is 8.60 Å². The second kappa shape index (κ2) is 5.74. The van der Waals surface area contributed by atoms with E-state index in [2.05, 4.69) is 5.32 Å². The summed E-state index contributed by atoms with van der Waals surface area (Å²) in [5.74, 6) is 1.38. The van der Waals surface area contributed by atoms with Crippen LogP contribution in [0, 0.1) is 5.82 Å². The second-order valence-corrected chi connectivity index (χ2v) is 6.26. The van der Waals surface area contributed by atoms with Crippen molar-refractivity contribution < 1.29 is 8.60 Å². The molecular formula is C13H18FNOS. The standard InChI is InChI=1S/C13H18FNOS/c1-10(11-3-2-4-12(14)9-11)15-13-5-7-17(16)8-6-13/h2-4,9-10,13,15H,5-8H2,1H3/t10-,13?,17?/m1/s1. The molecule has 0 bridgehead atoms. The summed E-state index contributed by atoms with van der Waals surface area (Å²) in [6, 6.07) is 7.24. The highest BCUT2D eigenvalue weighted by molar-refractivity contribution is 7.85. The smallest absolute Gasteiger partial charge is 0.123 e. The van der Waals surface area contributed by atoms with Gasteiger partial charge in [0.15, 0.2) is 0 Å². The lowest BCUT2D eigenvalue weighted by atomic mass is 10.1. The minimum Gasteiger partial charge on any atom is -0.307 e. The lowest BCUT2D eigenvalue weighted by molar-refractivity contribution is 0.426. The van der Waals surface area contributed by atoms with Gasteiger partial charge in [0.05, 0.1) is 0 Å². The Labute approximate surface area is 104 Å². The summed E-state index contributed by atoms with van der Waals surface area (Å²) in [5.41, 5.74) is 0.969. The van der Waals surface area contributed by atoms with Crippen LogP contribution >= 0.6 is 0 Å². The van der Waals surface area contributed by atoms with Gasteiger partial charge < -0.3 is 5.32 Å². The third-order valence-electron chi connectivity index (χ3n) is 3.22. The molecule has 2 nitrogen and oxygen atoms in total. The number of hydrogen-bond donors (Lipinski definition) is 1. The number of hydrogen-bond acceptors (Lipinski definition) is 2. The maximum Gasteiger partial charge on any atom is 0.123 e. The van der Waals surface area contributed by atoms with E-state index in [1.54, 1.807) is 12.1 Å². The van der Waals surface area contributed by atoms with E-state index < -0.39 is 10.8 Å². The summed E-state index contributed by atoms with van der Waals surface area (Å²) in [6.07, 6.45) is 1.90. The number of halogens is 1. The predicted molar refractivity (Wildman–Crippen MR) is 68.8 cm³/mol. The van der Waals surface area contributed by atoms with E-state index in [4.69, 9.17) is 0 Å². The molecule has 1 heterocycles. The maximum atomic E-state index is 13.1. The topological polar surface area (TPSA) is 29.1 Å². The van der Waals surface area contributed by atoms with Gasteiger partial charge in [0.1, 0.15) is 5.82 Å². The van der Waals surface area contributed by atoms with Gasteiger partial charge in [-0.05, 0) is 37.5 Å². The van der Waals surface area contributed by atoms with Crippen molar-refractivity contribution in [2.45, 2.75) is 31.8 Å². The fraction of sp³-hybridized carbons (Fsp3) is 0.538. The van der Waals surface area contributed by atoms with E-state index in [0.717, 1.165) is 29.9 Å². The first-order valence-electron chi connectivity index (χ1n) is 6.01. The quantitative estimate of drug-likeness (QED) is 0.898. The molecule has 1 fully saturated rings. The summed E-state index contributed by atoms with van der Waals surface area (Å²) in [4.78, 5) is 0. The van der Waals surface area contributed by atoms with Crippen LogP contribution in [-0.2, 0) is 10.8 Å². The Morgan fingerprint density at radius 3 is 2.76 bits per heavy atom. The van der Waals surface area contributed by atoms with Gasteiger partial charge in [0.2, 0.25) is 0 Å². The average Bonchev–Trinajstić information content (AvgIpc) is 2.32. The molecule has 0 unspecified atom stereocenters. The van der Waals surface area contributed by atoms with E-state index in [-0.39, 0.29) is 11.9 Å². The van der Waals surface area contributed by atoms with Crippen LogP contribution in [0.5, 0.6) is 0 Å². The van der Waals surface area contributed by atoms with Crippen LogP contribution in [0.1, 0.15) is 31.4 Å². The van der Waals surface area contributed by atoms with Crippen molar-refractivity contribution in [1.82, 2.24) is 5.32 Å². The summed E-state index contributed by atoms with van der Waals surface area (Å²) in [7, 11) is -0.624. The molecule has 17 heavy (non-hydrogen) atoms. The van der Waals surface area contributed by atoms with Gasteiger partial charge in [0, 0.05) is 34.4 Å². The van der Waals surface area contributed by atoms with Gasteiger partial charge in [-0.1, -0.05) is 12.1 Å². The summed E-state index contributed by atoms with van der Waals surface area (Å²) >= 11 is 0. The van der Waals surface area contributed by atoms with Crippen molar-refractivity contribution in [3.05, 3.63) is 35.6 Å². The van der Waals surface area contributed by atoms with Crippen molar-refractivity contribution in [2.24, 2.45) is 0 Å². The maximum absolute atomic E-state index is 13.1. The Bertz CT molecular complexity index is 400. The van der Waals surface area contributed by atoms with Crippen LogP contribution < -0.4 is 5.32 Å². The molecule has 0 aromatic heterocycles. The minimum absolute atomic E-state index is 0.141. The summed E-state index contributed by atoms with van der Waals surface area (Å²) < 4.78 is 24.3. The Morgan fingerprint density at radius 1 is 1.41 bits per heavy atom. The molecule has 0 radical (unpaired) electrons. The molecule has 1 N–H and O–H groups in total. The minimum atomic E-state index is -0.624. The molecule has 0 spiro atoms. The molecule has 4 heteroatoms. The zero-order valence-electron chi connectivity index (χ0n) is 9.99. The van der Waals surface area contributed by atoms with Crippen LogP contribution in [-0.4, -0.2) is 21.8 Å². The summed E-state index contributed by atoms with van der Waals surface area (Å²) in [6.45, 7) is 2.04. The first kappa shape index (κ1) is 12.7. The fourth-order valence-corrected chi connectivity index (χ4v) is 3.49. The van der Waals surface area contributed by atoms with E-state index in [0.29, 0.717) is 6.04 Å². The number of benzene rings is 1. The highest BCUT2D eigenvalue weighted by atomic mass is 32.2. The molecule has 1 aromatic carbocycles. The molecule has 1 atom stereocenters. The van der Waals surface area contributed by atoms with Crippen molar-refractivity contribution in [2.75, 3.05) is 11.5 Å². The van der Waals surface area contributed by atoms with Crippen LogP contribution in [0.25, 0.3) is 0 Å². The monoisotopic (exact) mass is 255 g/mol. The third-order valence-corrected chi connectivity index (χ3v) is 4.60. The largest absolute Gasteiger partial charge is 0.307 e. The first-order chi connectivity index (χ1) is 8.15. The van der Waals surface area contributed by atoms with E-state index >= 15 is 0 Å². The Morgan fingerprint density at radius 2 is 2.12 bits per heavy atom. The normalized spacial score (nSPS) is 26.7. The molecule has 94 valence electrons. The SMILES string of the molecule is C[C@@H](NC1CCS(=O)CC1)c1cccc(F)c1. The van der Waals surface area contributed by atoms with Crippen molar-refractivity contribution >= 4 is 10.8 Å². The molecule has 1 aromatic rings. The van der Waals surface area contributed by atoms with Gasteiger partial charge in [-0.2, -0.15) is 0 Å². The Kier molecular flexibility index (Phi) is 4.29. The van der Waals surface area contributed by atoms with E-state index in [1.165, 1.54) is 6.07 Å². The molecule has 1 aliphatic heterocycles. The van der Waals surface area contributed by atoms with Gasteiger partial charge in [-0.15, -0.1) is 0 Å².